The van der Waals surface area contributed by atoms with Gasteiger partial charge in [-0.25, -0.2) is 0 Å². The molecule has 0 spiro atoms. The number of thiol groups is 1. The molecule has 0 bridgehead atoms. The lowest BCUT2D eigenvalue weighted by atomic mass is 10.3. The van der Waals surface area contributed by atoms with Crippen LogP contribution in [0.15, 0.2) is 29.2 Å². The first-order chi connectivity index (χ1) is 5.02. The number of rotatable bonds is 1. The molecule has 0 heterocycles. The van der Waals surface area contributed by atoms with Crippen molar-refractivity contribution in [2.24, 2.45) is 0 Å². The fourth-order valence-electron chi connectivity index (χ4n) is 0.851. The number of hydrogen-bond acceptors (Lipinski definition) is 2. The summed E-state index contributed by atoms with van der Waals surface area (Å²) in [5, 5.41) is 0. The third kappa shape index (κ3) is 1.94. The highest BCUT2D eigenvalue weighted by molar-refractivity contribution is 8.23. The van der Waals surface area contributed by atoms with Gasteiger partial charge in [-0.1, -0.05) is 12.1 Å². The Morgan fingerprint density at radius 2 is 2.00 bits per heavy atom. The zero-order valence-electron chi connectivity index (χ0n) is 6.12. The van der Waals surface area contributed by atoms with Gasteiger partial charge in [-0.15, -0.1) is 0 Å². The molecule has 0 saturated carbocycles. The van der Waals surface area contributed by atoms with Gasteiger partial charge in [-0.2, -0.15) is 0 Å². The molecule has 0 fully saturated rings. The predicted molar refractivity (Wildman–Crippen MR) is 50.4 cm³/mol. The van der Waals surface area contributed by atoms with Crippen LogP contribution in [0.5, 0.6) is 0 Å². The lowest BCUT2D eigenvalue weighted by molar-refractivity contribution is 0.684. The van der Waals surface area contributed by atoms with Gasteiger partial charge >= 0.3 is 0 Å². The Hall–Kier alpha value is -0.540. The number of halogens is 1. The van der Waals surface area contributed by atoms with E-state index in [-0.39, 0.29) is 0 Å². The highest BCUT2D eigenvalue weighted by Gasteiger charge is 2.09. The molecule has 0 aliphatic carbocycles. The Morgan fingerprint density at radius 1 is 1.45 bits per heavy atom. The van der Waals surface area contributed by atoms with E-state index in [4.69, 9.17) is 16.4 Å². The largest absolute Gasteiger partial charge is 0.398 e. The molecule has 0 atom stereocenters. The van der Waals surface area contributed by atoms with Crippen LogP contribution in [0, 0.1) is 0 Å². The minimum Gasteiger partial charge on any atom is -0.398 e. The zero-order valence-corrected chi connectivity index (χ0v) is 7.77. The second kappa shape index (κ2) is 2.83. The van der Waals surface area contributed by atoms with Crippen molar-refractivity contribution in [3.8, 4) is 0 Å². The molecule has 0 aliphatic heterocycles. The van der Waals surface area contributed by atoms with E-state index in [9.17, 15) is 4.21 Å². The first-order valence-electron chi connectivity index (χ1n) is 3.14. The minimum atomic E-state index is -2.71. The maximum absolute atomic E-state index is 11.3. The zero-order chi connectivity index (χ0) is 8.48. The quantitative estimate of drug-likeness (QED) is 0.401. The van der Waals surface area contributed by atoms with Gasteiger partial charge in [0.2, 0.25) is 0 Å². The topological polar surface area (TPSA) is 43.1 Å². The maximum Gasteiger partial charge on any atom is 0.0504 e. The Labute approximate surface area is 71.3 Å². The summed E-state index contributed by atoms with van der Waals surface area (Å²) in [6.07, 6.45) is 1.49. The number of hydrogen-bond donors (Lipinski definition) is 2. The third-order valence-corrected chi connectivity index (χ3v) is 3.18. The van der Waals surface area contributed by atoms with Crippen LogP contribution in [0.1, 0.15) is 0 Å². The van der Waals surface area contributed by atoms with Crippen LogP contribution in [0.4, 0.5) is 5.69 Å². The molecule has 1 rings (SSSR count). The van der Waals surface area contributed by atoms with Gasteiger partial charge in [0, 0.05) is 11.9 Å². The average molecular weight is 192 g/mol. The van der Waals surface area contributed by atoms with Crippen molar-refractivity contribution in [2.75, 3.05) is 12.0 Å². The second-order valence-corrected chi connectivity index (χ2v) is 6.44. The Morgan fingerprint density at radius 3 is 2.36 bits per heavy atom. The summed E-state index contributed by atoms with van der Waals surface area (Å²) in [6.45, 7) is 0. The van der Waals surface area contributed by atoms with E-state index >= 15 is 0 Å². The van der Waals surface area contributed by atoms with Gasteiger partial charge in [-0.05, 0) is 32.0 Å². The van der Waals surface area contributed by atoms with Crippen molar-refractivity contribution in [1.29, 1.82) is 0 Å². The van der Waals surface area contributed by atoms with Crippen molar-refractivity contribution in [1.82, 2.24) is 0 Å². The van der Waals surface area contributed by atoms with Crippen molar-refractivity contribution in [3.63, 3.8) is 0 Å². The van der Waals surface area contributed by atoms with Crippen molar-refractivity contribution < 1.29 is 4.21 Å². The molecule has 2 N–H and O–H groups in total. The minimum absolute atomic E-state index is 0.494. The van der Waals surface area contributed by atoms with Crippen LogP contribution in [0.3, 0.4) is 0 Å². The van der Waals surface area contributed by atoms with Gasteiger partial charge < -0.3 is 5.73 Å². The molecule has 4 heteroatoms. The summed E-state index contributed by atoms with van der Waals surface area (Å²) < 4.78 is 11.3. The number of anilines is 1. The molecular formula is C7H10ClNOS. The highest BCUT2D eigenvalue weighted by Crippen LogP contribution is 2.25. The fourth-order valence-corrected chi connectivity index (χ4v) is 2.20. The Kier molecular flexibility index (Phi) is 2.20. The molecule has 0 amide bonds. The second-order valence-electron chi connectivity index (χ2n) is 2.38. The summed E-state index contributed by atoms with van der Waals surface area (Å²) >= 11 is 0. The van der Waals surface area contributed by atoms with Crippen LogP contribution in [-0.4, -0.2) is 10.5 Å². The van der Waals surface area contributed by atoms with E-state index in [0.29, 0.717) is 10.6 Å². The van der Waals surface area contributed by atoms with E-state index in [0.717, 1.165) is 0 Å². The summed E-state index contributed by atoms with van der Waals surface area (Å²) in [7, 11) is 2.93. The van der Waals surface area contributed by atoms with Gasteiger partial charge in [0.1, 0.15) is 0 Å². The standard InChI is InChI=1S/C7H10ClNOS/c1-11(8,10)7-5-3-2-4-6(7)9/h2-5,11H,9H2,1H3. The molecule has 62 valence electrons. The average Bonchev–Trinajstić information content (AvgIpc) is 1.86. The summed E-state index contributed by atoms with van der Waals surface area (Å²) in [5.74, 6) is 0. The van der Waals surface area contributed by atoms with Crippen LogP contribution in [0.2, 0.25) is 0 Å². The summed E-state index contributed by atoms with van der Waals surface area (Å²) in [5.41, 5.74) is 6.04. The number of nitrogens with two attached hydrogens (primary N) is 1. The SMILES string of the molecule is C[SH](=O)(Cl)c1ccccc1N. The number of nitrogen functional groups attached to an aromatic ring is 1. The molecule has 11 heavy (non-hydrogen) atoms. The van der Waals surface area contributed by atoms with E-state index in [1.807, 2.05) is 0 Å². The van der Waals surface area contributed by atoms with Gasteiger partial charge in [-0.3, -0.25) is 4.21 Å². The lowest BCUT2D eigenvalue weighted by Gasteiger charge is -2.11. The molecule has 0 saturated heterocycles. The molecular weight excluding hydrogens is 182 g/mol. The first-order valence-corrected chi connectivity index (χ1v) is 6.20. The summed E-state index contributed by atoms with van der Waals surface area (Å²) in [4.78, 5) is 0.543. The predicted octanol–water partition coefficient (Wildman–Crippen LogP) is 1.43. The van der Waals surface area contributed by atoms with Crippen molar-refractivity contribution in [3.05, 3.63) is 24.3 Å². The third-order valence-electron chi connectivity index (χ3n) is 1.37. The number of para-hydroxylation sites is 1. The fraction of sp³-hybridized carbons (Fsp3) is 0.143. The van der Waals surface area contributed by atoms with E-state index in [1.165, 1.54) is 6.26 Å². The lowest BCUT2D eigenvalue weighted by Crippen LogP contribution is -2.03. The van der Waals surface area contributed by atoms with E-state index in [1.54, 1.807) is 24.3 Å². The van der Waals surface area contributed by atoms with Gasteiger partial charge in [0.25, 0.3) is 0 Å². The molecule has 1 aromatic carbocycles. The number of benzene rings is 1. The van der Waals surface area contributed by atoms with Gasteiger partial charge in [0.15, 0.2) is 0 Å². The van der Waals surface area contributed by atoms with Crippen LogP contribution < -0.4 is 5.73 Å². The molecule has 1 aromatic rings. The Bertz CT molecular complexity index is 307. The maximum atomic E-state index is 11.3. The van der Waals surface area contributed by atoms with Crippen molar-refractivity contribution in [2.45, 2.75) is 4.90 Å². The molecule has 0 aromatic heterocycles. The van der Waals surface area contributed by atoms with E-state index < -0.39 is 9.15 Å². The normalized spacial score (nSPS) is 12.9. The van der Waals surface area contributed by atoms with Crippen LogP contribution >= 0.6 is 10.7 Å². The smallest absolute Gasteiger partial charge is 0.0504 e. The monoisotopic (exact) mass is 191 g/mol. The molecule has 0 aliphatic rings. The summed E-state index contributed by atoms with van der Waals surface area (Å²) in [6, 6.07) is 6.92. The van der Waals surface area contributed by atoms with Crippen LogP contribution in [-0.2, 0) is 9.15 Å². The first kappa shape index (κ1) is 8.56. The Balaban J connectivity index is 3.25. The molecule has 2 nitrogen and oxygen atoms in total. The van der Waals surface area contributed by atoms with E-state index in [2.05, 4.69) is 0 Å². The van der Waals surface area contributed by atoms with Crippen molar-refractivity contribution >= 4 is 25.5 Å². The molecule has 0 unspecified atom stereocenters. The highest BCUT2D eigenvalue weighted by atomic mass is 35.7. The van der Waals surface area contributed by atoms with Gasteiger partial charge in [0.05, 0.1) is 4.90 Å². The molecule has 0 radical (unpaired) electrons. The van der Waals surface area contributed by atoms with Crippen LogP contribution in [0.25, 0.3) is 0 Å².